The van der Waals surface area contributed by atoms with Crippen molar-refractivity contribution in [1.29, 1.82) is 0 Å². The van der Waals surface area contributed by atoms with Gasteiger partial charge in [-0.2, -0.15) is 0 Å². The fourth-order valence-electron chi connectivity index (χ4n) is 2.37. The molecule has 0 radical (unpaired) electrons. The molecule has 122 valence electrons. The van der Waals surface area contributed by atoms with E-state index in [4.69, 9.17) is 16.3 Å². The van der Waals surface area contributed by atoms with Gasteiger partial charge >= 0.3 is 6.09 Å². The third-order valence-corrected chi connectivity index (χ3v) is 3.52. The van der Waals surface area contributed by atoms with Crippen LogP contribution in [0.4, 0.5) is 15.0 Å². The number of ether oxygens (including phenoxy) is 1. The molecule has 5 nitrogen and oxygen atoms in total. The number of amides is 1. The predicted octanol–water partition coefficient (Wildman–Crippen LogP) is 3.32. The first-order valence-electron chi connectivity index (χ1n) is 7.23. The highest BCUT2D eigenvalue weighted by Gasteiger charge is 2.31. The molecule has 0 bridgehead atoms. The van der Waals surface area contributed by atoms with Gasteiger partial charge in [-0.1, -0.05) is 11.6 Å². The summed E-state index contributed by atoms with van der Waals surface area (Å²) in [5.74, 6) is 0.0675. The molecule has 7 heteroatoms. The van der Waals surface area contributed by atoms with Gasteiger partial charge in [-0.3, -0.25) is 0 Å². The van der Waals surface area contributed by atoms with E-state index in [1.165, 1.54) is 12.1 Å². The Morgan fingerprint density at radius 2 is 2.09 bits per heavy atom. The first-order chi connectivity index (χ1) is 10.2. The fourth-order valence-corrected chi connectivity index (χ4v) is 2.56. The Labute approximate surface area is 135 Å². The van der Waals surface area contributed by atoms with Gasteiger partial charge in [0, 0.05) is 37.8 Å². The first kappa shape index (κ1) is 16.8. The van der Waals surface area contributed by atoms with Crippen molar-refractivity contribution in [3.8, 4) is 0 Å². The lowest BCUT2D eigenvalue weighted by atomic mass is 10.2. The quantitative estimate of drug-likeness (QED) is 0.741. The Morgan fingerprint density at radius 3 is 2.64 bits per heavy atom. The van der Waals surface area contributed by atoms with Gasteiger partial charge < -0.3 is 14.5 Å². The molecular weight excluding hydrogens is 309 g/mol. The lowest BCUT2D eigenvalue weighted by molar-refractivity contribution is 0.0158. The van der Waals surface area contributed by atoms with Crippen LogP contribution in [0.1, 0.15) is 27.7 Å². The summed E-state index contributed by atoms with van der Waals surface area (Å²) in [5, 5.41) is 0.122. The van der Waals surface area contributed by atoms with Crippen LogP contribution in [0.3, 0.4) is 0 Å². The highest BCUT2D eigenvalue weighted by Crippen LogP contribution is 2.22. The number of aromatic nitrogens is 1. The molecule has 0 aromatic carbocycles. The molecule has 1 aromatic rings. The van der Waals surface area contributed by atoms with Crippen molar-refractivity contribution >= 4 is 23.5 Å². The first-order valence-corrected chi connectivity index (χ1v) is 7.61. The van der Waals surface area contributed by atoms with Crippen molar-refractivity contribution in [2.24, 2.45) is 0 Å². The van der Waals surface area contributed by atoms with Crippen LogP contribution in [-0.4, -0.2) is 47.3 Å². The van der Waals surface area contributed by atoms with E-state index in [2.05, 4.69) is 4.98 Å². The molecule has 1 fully saturated rings. The van der Waals surface area contributed by atoms with Crippen molar-refractivity contribution in [3.05, 3.63) is 23.1 Å². The SMILES string of the molecule is CC1CN(c2cc(F)cc(Cl)n2)CCN1C(=O)OC(C)(C)C. The largest absolute Gasteiger partial charge is 0.444 e. The molecule has 1 unspecified atom stereocenters. The molecule has 2 heterocycles. The minimum absolute atomic E-state index is 0.0626. The Morgan fingerprint density at radius 1 is 1.41 bits per heavy atom. The van der Waals surface area contributed by atoms with Crippen molar-refractivity contribution in [2.75, 3.05) is 24.5 Å². The average molecular weight is 330 g/mol. The summed E-state index contributed by atoms with van der Waals surface area (Å²) >= 11 is 5.80. The van der Waals surface area contributed by atoms with Crippen LogP contribution in [0, 0.1) is 5.82 Å². The third-order valence-electron chi connectivity index (χ3n) is 3.32. The van der Waals surface area contributed by atoms with Crippen LogP contribution >= 0.6 is 11.6 Å². The zero-order valence-electron chi connectivity index (χ0n) is 13.3. The molecular formula is C15H21ClFN3O2. The number of hydrogen-bond donors (Lipinski definition) is 0. The minimum atomic E-state index is -0.522. The molecule has 1 aliphatic rings. The number of pyridine rings is 1. The molecule has 1 amide bonds. The molecule has 22 heavy (non-hydrogen) atoms. The van der Waals surface area contributed by atoms with Gasteiger partial charge in [0.1, 0.15) is 22.4 Å². The van der Waals surface area contributed by atoms with E-state index in [1.54, 1.807) is 4.90 Å². The Balaban J connectivity index is 2.05. The maximum Gasteiger partial charge on any atom is 0.410 e. The maximum absolute atomic E-state index is 13.4. The maximum atomic E-state index is 13.4. The lowest BCUT2D eigenvalue weighted by Gasteiger charge is -2.40. The zero-order valence-corrected chi connectivity index (χ0v) is 14.0. The highest BCUT2D eigenvalue weighted by molar-refractivity contribution is 6.29. The normalized spacial score (nSPS) is 19.3. The smallest absolute Gasteiger partial charge is 0.410 e. The van der Waals surface area contributed by atoms with Crippen molar-refractivity contribution < 1.29 is 13.9 Å². The summed E-state index contributed by atoms with van der Waals surface area (Å²) in [6.45, 7) is 9.03. The zero-order chi connectivity index (χ0) is 16.5. The van der Waals surface area contributed by atoms with Crippen LogP contribution in [0.25, 0.3) is 0 Å². The molecule has 0 N–H and O–H groups in total. The van der Waals surface area contributed by atoms with Gasteiger partial charge in [-0.15, -0.1) is 0 Å². The van der Waals surface area contributed by atoms with Gasteiger partial charge in [0.2, 0.25) is 0 Å². The standard InChI is InChI=1S/C15H21ClFN3O2/c1-10-9-19(13-8-11(17)7-12(16)18-13)5-6-20(10)14(21)22-15(2,3)4/h7-8,10H,5-6,9H2,1-4H3. The van der Waals surface area contributed by atoms with E-state index in [0.29, 0.717) is 25.5 Å². The Hall–Kier alpha value is -1.56. The van der Waals surface area contributed by atoms with Gasteiger partial charge in [-0.05, 0) is 27.7 Å². The van der Waals surface area contributed by atoms with Gasteiger partial charge in [0.05, 0.1) is 0 Å². The van der Waals surface area contributed by atoms with E-state index in [-0.39, 0.29) is 17.3 Å². The second-order valence-corrected chi connectivity index (χ2v) is 6.82. The number of piperazine rings is 1. The van der Waals surface area contributed by atoms with E-state index in [9.17, 15) is 9.18 Å². The second kappa shape index (κ2) is 6.28. The van der Waals surface area contributed by atoms with Crippen LogP contribution in [-0.2, 0) is 4.74 Å². The number of halogens is 2. The number of rotatable bonds is 1. The fraction of sp³-hybridized carbons (Fsp3) is 0.600. The van der Waals surface area contributed by atoms with E-state index in [1.807, 2.05) is 32.6 Å². The van der Waals surface area contributed by atoms with Crippen molar-refractivity contribution in [2.45, 2.75) is 39.3 Å². The molecule has 1 saturated heterocycles. The number of nitrogens with zero attached hydrogens (tertiary/aromatic N) is 3. The predicted molar refractivity (Wildman–Crippen MR) is 83.8 cm³/mol. The van der Waals surface area contributed by atoms with Crippen molar-refractivity contribution in [3.63, 3.8) is 0 Å². The van der Waals surface area contributed by atoms with Gasteiger partial charge in [0.25, 0.3) is 0 Å². The van der Waals surface area contributed by atoms with Crippen LogP contribution in [0.5, 0.6) is 0 Å². The van der Waals surface area contributed by atoms with Crippen LogP contribution in [0.15, 0.2) is 12.1 Å². The summed E-state index contributed by atoms with van der Waals surface area (Å²) in [6, 6.07) is 2.46. The number of anilines is 1. The molecule has 1 atom stereocenters. The van der Waals surface area contributed by atoms with Crippen LogP contribution < -0.4 is 4.90 Å². The average Bonchev–Trinajstić information content (AvgIpc) is 2.35. The summed E-state index contributed by atoms with van der Waals surface area (Å²) in [5.41, 5.74) is -0.522. The highest BCUT2D eigenvalue weighted by atomic mass is 35.5. The number of carbonyl (C=O) groups excluding carboxylic acids is 1. The van der Waals surface area contributed by atoms with E-state index < -0.39 is 11.4 Å². The molecule has 1 aromatic heterocycles. The summed E-state index contributed by atoms with van der Waals surface area (Å²) in [6.07, 6.45) is -0.329. The molecule has 0 aliphatic carbocycles. The molecule has 0 saturated carbocycles. The van der Waals surface area contributed by atoms with Gasteiger partial charge in [-0.25, -0.2) is 14.2 Å². The minimum Gasteiger partial charge on any atom is -0.444 e. The second-order valence-electron chi connectivity index (χ2n) is 6.44. The third kappa shape index (κ3) is 4.22. The summed E-state index contributed by atoms with van der Waals surface area (Å²) < 4.78 is 18.8. The van der Waals surface area contributed by atoms with Gasteiger partial charge in [0.15, 0.2) is 0 Å². The number of hydrogen-bond acceptors (Lipinski definition) is 4. The molecule has 1 aliphatic heterocycles. The van der Waals surface area contributed by atoms with E-state index >= 15 is 0 Å². The Bertz CT molecular complexity index is 542. The summed E-state index contributed by atoms with van der Waals surface area (Å²) in [4.78, 5) is 19.9. The number of carbonyl (C=O) groups is 1. The lowest BCUT2D eigenvalue weighted by Crippen LogP contribution is -2.55. The molecule has 2 rings (SSSR count). The van der Waals surface area contributed by atoms with E-state index in [0.717, 1.165) is 0 Å². The monoisotopic (exact) mass is 329 g/mol. The topological polar surface area (TPSA) is 45.7 Å². The van der Waals surface area contributed by atoms with Crippen molar-refractivity contribution in [1.82, 2.24) is 9.88 Å². The molecule has 0 spiro atoms. The Kier molecular flexibility index (Phi) is 4.80. The summed E-state index contributed by atoms with van der Waals surface area (Å²) in [7, 11) is 0. The van der Waals surface area contributed by atoms with Crippen LogP contribution in [0.2, 0.25) is 5.15 Å².